The molecule has 3 heterocycles. The van der Waals surface area contributed by atoms with E-state index in [1.807, 2.05) is 37.4 Å². The third-order valence-corrected chi connectivity index (χ3v) is 6.70. The molecular weight excluding hydrogens is 456 g/mol. The molecule has 1 amide bonds. The van der Waals surface area contributed by atoms with Crippen LogP contribution in [-0.4, -0.2) is 59.8 Å². The molecule has 0 saturated carbocycles. The van der Waals surface area contributed by atoms with E-state index < -0.39 is 0 Å². The number of rotatable bonds is 10. The molecule has 2 N–H and O–H groups in total. The minimum Gasteiger partial charge on any atom is -0.492 e. The number of hydrogen-bond acceptors (Lipinski definition) is 5. The topological polar surface area (TPSA) is 88.6 Å². The zero-order chi connectivity index (χ0) is 25.7. The summed E-state index contributed by atoms with van der Waals surface area (Å²) in [6.07, 6.45) is 3.73. The van der Waals surface area contributed by atoms with E-state index in [2.05, 4.69) is 40.5 Å². The van der Waals surface area contributed by atoms with Gasteiger partial charge in [-0.15, -0.1) is 0 Å². The van der Waals surface area contributed by atoms with Crippen LogP contribution in [0.15, 0.2) is 35.3 Å². The smallest absolute Gasteiger partial charge is 0.253 e. The van der Waals surface area contributed by atoms with Gasteiger partial charge in [0.15, 0.2) is 0 Å². The number of ether oxygens (including phenoxy) is 2. The van der Waals surface area contributed by atoms with Crippen molar-refractivity contribution >= 4 is 16.8 Å². The normalized spacial score (nSPS) is 14.5. The Balaban J connectivity index is 1.56. The third-order valence-electron chi connectivity index (χ3n) is 6.70. The second kappa shape index (κ2) is 11.8. The van der Waals surface area contributed by atoms with E-state index in [4.69, 9.17) is 9.47 Å². The van der Waals surface area contributed by atoms with E-state index >= 15 is 0 Å². The number of morpholine rings is 1. The van der Waals surface area contributed by atoms with Crippen molar-refractivity contribution in [1.29, 1.82) is 0 Å². The molecule has 8 heteroatoms. The van der Waals surface area contributed by atoms with Crippen molar-refractivity contribution in [3.05, 3.63) is 63.2 Å². The first kappa shape index (κ1) is 26.0. The highest BCUT2D eigenvalue weighted by Crippen LogP contribution is 2.29. The van der Waals surface area contributed by atoms with Crippen molar-refractivity contribution in [3.63, 3.8) is 0 Å². The van der Waals surface area contributed by atoms with Crippen LogP contribution in [0.4, 0.5) is 0 Å². The number of hydrogen-bond donors (Lipinski definition) is 2. The Morgan fingerprint density at radius 3 is 2.72 bits per heavy atom. The number of pyridine rings is 1. The first-order valence-corrected chi connectivity index (χ1v) is 12.9. The summed E-state index contributed by atoms with van der Waals surface area (Å²) in [5.41, 5.74) is 3.79. The Kier molecular flexibility index (Phi) is 8.48. The summed E-state index contributed by atoms with van der Waals surface area (Å²) in [7, 11) is 0. The highest BCUT2D eigenvalue weighted by atomic mass is 16.5. The zero-order valence-corrected chi connectivity index (χ0v) is 21.9. The molecule has 1 aromatic carbocycles. The molecule has 4 rings (SSSR count). The van der Waals surface area contributed by atoms with Gasteiger partial charge in [-0.1, -0.05) is 13.3 Å². The molecular formula is C28H38N4O4. The highest BCUT2D eigenvalue weighted by molar-refractivity contribution is 6.07. The van der Waals surface area contributed by atoms with E-state index in [1.165, 1.54) is 0 Å². The molecule has 1 aliphatic heterocycles. The molecule has 36 heavy (non-hydrogen) atoms. The lowest BCUT2D eigenvalue weighted by atomic mass is 10.0. The first-order valence-electron chi connectivity index (χ1n) is 12.9. The number of benzene rings is 1. The van der Waals surface area contributed by atoms with Crippen LogP contribution in [-0.2, 0) is 17.7 Å². The van der Waals surface area contributed by atoms with E-state index in [0.29, 0.717) is 23.5 Å². The summed E-state index contributed by atoms with van der Waals surface area (Å²) in [5.74, 6) is 0.448. The Morgan fingerprint density at radius 1 is 1.22 bits per heavy atom. The average molecular weight is 495 g/mol. The van der Waals surface area contributed by atoms with Gasteiger partial charge in [0.1, 0.15) is 12.4 Å². The fourth-order valence-electron chi connectivity index (χ4n) is 4.81. The summed E-state index contributed by atoms with van der Waals surface area (Å²) in [4.78, 5) is 31.2. The van der Waals surface area contributed by atoms with Crippen LogP contribution < -0.4 is 15.6 Å². The number of aromatic amines is 1. The van der Waals surface area contributed by atoms with Gasteiger partial charge in [-0.25, -0.2) is 0 Å². The van der Waals surface area contributed by atoms with Crippen LogP contribution >= 0.6 is 0 Å². The average Bonchev–Trinajstić information content (AvgIpc) is 3.28. The van der Waals surface area contributed by atoms with Gasteiger partial charge in [0, 0.05) is 61.1 Å². The van der Waals surface area contributed by atoms with Gasteiger partial charge in [0.05, 0.1) is 24.3 Å². The predicted octanol–water partition coefficient (Wildman–Crippen LogP) is 3.81. The van der Waals surface area contributed by atoms with Gasteiger partial charge in [-0.05, 0) is 51.0 Å². The van der Waals surface area contributed by atoms with Crippen LogP contribution in [0.3, 0.4) is 0 Å². The van der Waals surface area contributed by atoms with Gasteiger partial charge in [0.25, 0.3) is 11.5 Å². The lowest BCUT2D eigenvalue weighted by Gasteiger charge is -2.26. The standard InChI is InChI=1S/C28H38N4O4/c1-5-6-21-15-20(4)30-28(34)25(21)18-29-27(33)24-16-22(36-14-11-31-9-12-35-13-10-31)17-26-23(24)7-8-32(26)19(2)3/h7-8,15-17,19H,5-6,9-14,18H2,1-4H3,(H,29,33)(H,30,34). The first-order chi connectivity index (χ1) is 17.4. The third kappa shape index (κ3) is 5.99. The van der Waals surface area contributed by atoms with Crippen molar-refractivity contribution in [1.82, 2.24) is 19.8 Å². The molecule has 0 spiro atoms. The maximum atomic E-state index is 13.4. The predicted molar refractivity (Wildman–Crippen MR) is 142 cm³/mol. The maximum Gasteiger partial charge on any atom is 0.253 e. The lowest BCUT2D eigenvalue weighted by Crippen LogP contribution is -2.38. The number of H-pyrrole nitrogens is 1. The van der Waals surface area contributed by atoms with Gasteiger partial charge in [0.2, 0.25) is 0 Å². The Bertz CT molecular complexity index is 1250. The van der Waals surface area contributed by atoms with E-state index in [-0.39, 0.29) is 24.1 Å². The Hall–Kier alpha value is -3.10. The molecule has 0 atom stereocenters. The largest absolute Gasteiger partial charge is 0.492 e. The number of aromatic nitrogens is 2. The Morgan fingerprint density at radius 2 is 2.00 bits per heavy atom. The van der Waals surface area contributed by atoms with Crippen LogP contribution in [0.5, 0.6) is 5.75 Å². The van der Waals surface area contributed by atoms with Crippen LogP contribution in [0.25, 0.3) is 10.9 Å². The molecule has 2 aromatic heterocycles. The number of nitrogens with zero attached hydrogens (tertiary/aromatic N) is 2. The van der Waals surface area contributed by atoms with Crippen LogP contribution in [0.2, 0.25) is 0 Å². The number of aryl methyl sites for hydroxylation is 2. The minimum atomic E-state index is -0.220. The summed E-state index contributed by atoms with van der Waals surface area (Å²) >= 11 is 0. The second-order valence-corrected chi connectivity index (χ2v) is 9.74. The molecule has 194 valence electrons. The maximum absolute atomic E-state index is 13.4. The van der Waals surface area contributed by atoms with E-state index in [1.54, 1.807) is 0 Å². The molecule has 0 aliphatic carbocycles. The van der Waals surface area contributed by atoms with E-state index in [9.17, 15) is 9.59 Å². The number of amides is 1. The SMILES string of the molecule is CCCc1cc(C)[nH]c(=O)c1CNC(=O)c1cc(OCCN2CCOCC2)cc2c1ccn2C(C)C. The minimum absolute atomic E-state index is 0.143. The van der Waals surface area contributed by atoms with Crippen molar-refractivity contribution in [2.24, 2.45) is 0 Å². The summed E-state index contributed by atoms with van der Waals surface area (Å²) in [5, 5.41) is 3.86. The molecule has 1 aliphatic rings. The van der Waals surface area contributed by atoms with Gasteiger partial charge in [-0.2, -0.15) is 0 Å². The number of carbonyl (C=O) groups is 1. The molecule has 1 saturated heterocycles. The van der Waals surface area contributed by atoms with Crippen molar-refractivity contribution in [2.75, 3.05) is 39.5 Å². The quantitative estimate of drug-likeness (QED) is 0.447. The highest BCUT2D eigenvalue weighted by Gasteiger charge is 2.18. The monoisotopic (exact) mass is 494 g/mol. The molecule has 3 aromatic rings. The van der Waals surface area contributed by atoms with Crippen molar-refractivity contribution in [2.45, 2.75) is 53.1 Å². The van der Waals surface area contributed by atoms with Crippen LogP contribution in [0.1, 0.15) is 60.4 Å². The second-order valence-electron chi connectivity index (χ2n) is 9.74. The molecule has 0 bridgehead atoms. The zero-order valence-electron chi connectivity index (χ0n) is 21.9. The molecule has 0 radical (unpaired) electrons. The summed E-state index contributed by atoms with van der Waals surface area (Å²) in [6, 6.07) is 8.03. The fraction of sp³-hybridized carbons (Fsp3) is 0.500. The fourth-order valence-corrected chi connectivity index (χ4v) is 4.81. The van der Waals surface area contributed by atoms with Crippen molar-refractivity contribution in [3.8, 4) is 5.75 Å². The number of nitrogens with one attached hydrogen (secondary N) is 2. The summed E-state index contributed by atoms with van der Waals surface area (Å²) < 4.78 is 13.7. The Labute approximate surface area is 212 Å². The number of fused-ring (bicyclic) bond motifs is 1. The van der Waals surface area contributed by atoms with Gasteiger partial charge < -0.3 is 24.3 Å². The molecule has 8 nitrogen and oxygen atoms in total. The molecule has 1 fully saturated rings. The van der Waals surface area contributed by atoms with Crippen LogP contribution in [0, 0.1) is 6.92 Å². The van der Waals surface area contributed by atoms with Gasteiger partial charge in [-0.3, -0.25) is 14.5 Å². The molecule has 0 unspecified atom stereocenters. The lowest BCUT2D eigenvalue weighted by molar-refractivity contribution is 0.0322. The van der Waals surface area contributed by atoms with E-state index in [0.717, 1.165) is 67.8 Å². The number of carbonyl (C=O) groups excluding carboxylic acids is 1. The van der Waals surface area contributed by atoms with Gasteiger partial charge >= 0.3 is 0 Å². The van der Waals surface area contributed by atoms with Crippen molar-refractivity contribution < 1.29 is 14.3 Å². The summed E-state index contributed by atoms with van der Waals surface area (Å²) in [6.45, 7) is 13.0.